The van der Waals surface area contributed by atoms with E-state index >= 15 is 0 Å². The molecule has 0 aromatic heterocycles. The summed E-state index contributed by atoms with van der Waals surface area (Å²) in [4.78, 5) is 0. The summed E-state index contributed by atoms with van der Waals surface area (Å²) in [7, 11) is 1.44. The minimum Gasteiger partial charge on any atom is -0.494 e. The highest BCUT2D eigenvalue weighted by molar-refractivity contribution is 9.10. The summed E-state index contributed by atoms with van der Waals surface area (Å²) < 4.78 is 25.4. The SMILES string of the molecule is COc1cccc(COc2ccc(CBr)cc2Br)c1F. The fraction of sp³-hybridized carbons (Fsp3) is 0.200. The Morgan fingerprint density at radius 1 is 1.15 bits per heavy atom. The van der Waals surface area contributed by atoms with Crippen molar-refractivity contribution in [1.29, 1.82) is 0 Å². The average molecular weight is 404 g/mol. The van der Waals surface area contributed by atoms with E-state index in [1.54, 1.807) is 18.2 Å². The van der Waals surface area contributed by atoms with Crippen molar-refractivity contribution < 1.29 is 13.9 Å². The van der Waals surface area contributed by atoms with Gasteiger partial charge in [0, 0.05) is 10.9 Å². The molecule has 2 aromatic carbocycles. The maximum Gasteiger partial charge on any atom is 0.171 e. The summed E-state index contributed by atoms with van der Waals surface area (Å²) in [5, 5.41) is 0.774. The standard InChI is InChI=1S/C15H13Br2FO2/c1-19-14-4-2-3-11(15(14)18)9-20-13-6-5-10(8-16)7-12(13)17/h2-7H,8-9H2,1H3. The second kappa shape index (κ2) is 7.09. The predicted octanol–water partition coefficient (Wildman–Crippen LogP) is 5.07. The second-order valence-corrected chi connectivity index (χ2v) is 5.54. The van der Waals surface area contributed by atoms with Gasteiger partial charge in [-0.05, 0) is 39.7 Å². The fourth-order valence-electron chi connectivity index (χ4n) is 1.73. The van der Waals surface area contributed by atoms with E-state index < -0.39 is 0 Å². The van der Waals surface area contributed by atoms with Crippen molar-refractivity contribution in [3.63, 3.8) is 0 Å². The molecule has 2 nitrogen and oxygen atoms in total. The molecule has 0 aliphatic heterocycles. The Hall–Kier alpha value is -1.07. The molecule has 0 fully saturated rings. The van der Waals surface area contributed by atoms with Crippen molar-refractivity contribution in [2.24, 2.45) is 0 Å². The Bertz CT molecular complexity index is 602. The molecule has 0 saturated carbocycles. The lowest BCUT2D eigenvalue weighted by Gasteiger charge is -2.11. The van der Waals surface area contributed by atoms with E-state index in [2.05, 4.69) is 31.9 Å². The van der Waals surface area contributed by atoms with Gasteiger partial charge in [0.15, 0.2) is 11.6 Å². The van der Waals surface area contributed by atoms with Crippen molar-refractivity contribution >= 4 is 31.9 Å². The normalized spacial score (nSPS) is 10.4. The second-order valence-electron chi connectivity index (χ2n) is 4.12. The summed E-state index contributed by atoms with van der Waals surface area (Å²) in [6.45, 7) is 0.148. The van der Waals surface area contributed by atoms with Gasteiger partial charge in [-0.3, -0.25) is 0 Å². The van der Waals surface area contributed by atoms with Crippen LogP contribution < -0.4 is 9.47 Å². The number of rotatable bonds is 5. The number of methoxy groups -OCH3 is 1. The van der Waals surface area contributed by atoms with Crippen molar-refractivity contribution in [1.82, 2.24) is 0 Å². The molecule has 106 valence electrons. The molecule has 20 heavy (non-hydrogen) atoms. The molecule has 0 unspecified atom stereocenters. The van der Waals surface area contributed by atoms with Crippen LogP contribution in [0.25, 0.3) is 0 Å². The molecular formula is C15H13Br2FO2. The molecule has 5 heteroatoms. The zero-order valence-electron chi connectivity index (χ0n) is 10.8. The maximum atomic E-state index is 14.0. The number of hydrogen-bond acceptors (Lipinski definition) is 2. The van der Waals surface area contributed by atoms with Crippen LogP contribution in [-0.2, 0) is 11.9 Å². The molecule has 0 N–H and O–H groups in total. The Morgan fingerprint density at radius 3 is 2.60 bits per heavy atom. The van der Waals surface area contributed by atoms with Gasteiger partial charge in [-0.25, -0.2) is 4.39 Å². The van der Waals surface area contributed by atoms with Crippen molar-refractivity contribution in [3.05, 3.63) is 57.8 Å². The van der Waals surface area contributed by atoms with E-state index in [0.29, 0.717) is 11.3 Å². The molecule has 0 aliphatic carbocycles. The van der Waals surface area contributed by atoms with Crippen LogP contribution in [0.5, 0.6) is 11.5 Å². The molecule has 0 bridgehead atoms. The maximum absolute atomic E-state index is 14.0. The van der Waals surface area contributed by atoms with Crippen molar-refractivity contribution in [3.8, 4) is 11.5 Å². The van der Waals surface area contributed by atoms with Crippen LogP contribution >= 0.6 is 31.9 Å². The Kier molecular flexibility index (Phi) is 5.43. The summed E-state index contributed by atoms with van der Waals surface area (Å²) in [5.41, 5.74) is 1.60. The van der Waals surface area contributed by atoms with Crippen LogP contribution in [0.3, 0.4) is 0 Å². The van der Waals surface area contributed by atoms with Gasteiger partial charge in [-0.1, -0.05) is 34.1 Å². The van der Waals surface area contributed by atoms with E-state index in [0.717, 1.165) is 15.4 Å². The van der Waals surface area contributed by atoms with Crippen LogP contribution in [-0.4, -0.2) is 7.11 Å². The monoisotopic (exact) mass is 402 g/mol. The molecule has 0 spiro atoms. The number of hydrogen-bond donors (Lipinski definition) is 0. The van der Waals surface area contributed by atoms with E-state index in [4.69, 9.17) is 9.47 Å². The van der Waals surface area contributed by atoms with Gasteiger partial charge in [-0.2, -0.15) is 0 Å². The summed E-state index contributed by atoms with van der Waals surface area (Å²) in [5.74, 6) is 0.514. The highest BCUT2D eigenvalue weighted by atomic mass is 79.9. The number of ether oxygens (including phenoxy) is 2. The third kappa shape index (κ3) is 3.52. The summed E-state index contributed by atoms with van der Waals surface area (Å²) in [6.07, 6.45) is 0. The highest BCUT2D eigenvalue weighted by Gasteiger charge is 2.10. The molecule has 0 saturated heterocycles. The molecule has 0 radical (unpaired) electrons. The molecule has 2 aromatic rings. The molecule has 0 heterocycles. The molecular weight excluding hydrogens is 391 g/mol. The summed E-state index contributed by atoms with van der Waals surface area (Å²) >= 11 is 6.84. The first-order chi connectivity index (χ1) is 9.65. The number of benzene rings is 2. The Labute approximate surface area is 134 Å². The Balaban J connectivity index is 2.13. The van der Waals surface area contributed by atoms with Crippen LogP contribution in [0.1, 0.15) is 11.1 Å². The third-order valence-electron chi connectivity index (χ3n) is 2.80. The first-order valence-electron chi connectivity index (χ1n) is 5.94. The van der Waals surface area contributed by atoms with Gasteiger partial charge < -0.3 is 9.47 Å². The van der Waals surface area contributed by atoms with Crippen molar-refractivity contribution in [2.45, 2.75) is 11.9 Å². The van der Waals surface area contributed by atoms with Gasteiger partial charge in [0.25, 0.3) is 0 Å². The lowest BCUT2D eigenvalue weighted by atomic mass is 10.2. The quantitative estimate of drug-likeness (QED) is 0.648. The topological polar surface area (TPSA) is 18.5 Å². The van der Waals surface area contributed by atoms with E-state index in [9.17, 15) is 4.39 Å². The van der Waals surface area contributed by atoms with Gasteiger partial charge in [0.2, 0.25) is 0 Å². The first-order valence-corrected chi connectivity index (χ1v) is 7.85. The van der Waals surface area contributed by atoms with Crippen LogP contribution in [0.15, 0.2) is 40.9 Å². The lowest BCUT2D eigenvalue weighted by molar-refractivity contribution is 0.294. The largest absolute Gasteiger partial charge is 0.494 e. The predicted molar refractivity (Wildman–Crippen MR) is 84.1 cm³/mol. The van der Waals surface area contributed by atoms with Crippen LogP contribution in [0.2, 0.25) is 0 Å². The van der Waals surface area contributed by atoms with Gasteiger partial charge in [0.1, 0.15) is 12.4 Å². The van der Waals surface area contributed by atoms with Crippen LogP contribution in [0, 0.1) is 5.82 Å². The van der Waals surface area contributed by atoms with E-state index in [-0.39, 0.29) is 18.2 Å². The zero-order chi connectivity index (χ0) is 14.5. The average Bonchev–Trinajstić information content (AvgIpc) is 2.47. The third-order valence-corrected chi connectivity index (χ3v) is 4.06. The zero-order valence-corrected chi connectivity index (χ0v) is 14.0. The lowest BCUT2D eigenvalue weighted by Crippen LogP contribution is -2.01. The van der Waals surface area contributed by atoms with E-state index in [1.807, 2.05) is 18.2 Å². The highest BCUT2D eigenvalue weighted by Crippen LogP contribution is 2.28. The summed E-state index contributed by atoms with van der Waals surface area (Å²) in [6, 6.07) is 10.8. The van der Waals surface area contributed by atoms with Gasteiger partial charge >= 0.3 is 0 Å². The van der Waals surface area contributed by atoms with Gasteiger partial charge in [0.05, 0.1) is 11.6 Å². The molecule has 0 aliphatic rings. The van der Waals surface area contributed by atoms with Crippen LogP contribution in [0.4, 0.5) is 4.39 Å². The molecule has 0 amide bonds. The Morgan fingerprint density at radius 2 is 1.95 bits per heavy atom. The minimum atomic E-state index is -0.386. The van der Waals surface area contributed by atoms with E-state index in [1.165, 1.54) is 7.11 Å². The smallest absolute Gasteiger partial charge is 0.171 e. The first kappa shape index (κ1) is 15.3. The number of halogens is 3. The fourth-order valence-corrected chi connectivity index (χ4v) is 2.61. The minimum absolute atomic E-state index is 0.148. The number of alkyl halides is 1. The molecule has 2 rings (SSSR count). The molecule has 0 atom stereocenters. The van der Waals surface area contributed by atoms with Crippen molar-refractivity contribution in [2.75, 3.05) is 7.11 Å². The van der Waals surface area contributed by atoms with Gasteiger partial charge in [-0.15, -0.1) is 0 Å².